The molecule has 0 saturated heterocycles. The van der Waals surface area contributed by atoms with Gasteiger partial charge in [0.2, 0.25) is 10.0 Å². The minimum absolute atomic E-state index is 0.0691. The van der Waals surface area contributed by atoms with Crippen molar-refractivity contribution in [3.8, 4) is 0 Å². The maximum atomic E-state index is 12.0. The summed E-state index contributed by atoms with van der Waals surface area (Å²) in [7, 11) is -3.60. The molecule has 0 saturated carbocycles. The lowest BCUT2D eigenvalue weighted by molar-refractivity contribution is 0.600. The smallest absolute Gasteiger partial charge is 0.264 e. The Balaban J connectivity index is 2.14. The van der Waals surface area contributed by atoms with Crippen LogP contribution in [0.15, 0.2) is 41.2 Å². The number of nitrogens with one attached hydrogen (secondary N) is 2. The van der Waals surface area contributed by atoms with Gasteiger partial charge in [0.05, 0.1) is 5.75 Å². The lowest BCUT2D eigenvalue weighted by Gasteiger charge is -2.07. The summed E-state index contributed by atoms with van der Waals surface area (Å²) in [6.07, 6.45) is 0. The fourth-order valence-electron chi connectivity index (χ4n) is 1.66. The first-order chi connectivity index (χ1) is 9.48. The van der Waals surface area contributed by atoms with Crippen molar-refractivity contribution in [1.29, 1.82) is 0 Å². The van der Waals surface area contributed by atoms with Crippen LogP contribution in [0.5, 0.6) is 0 Å². The average Bonchev–Trinajstić information content (AvgIpc) is 2.41. The second-order valence-electron chi connectivity index (χ2n) is 4.19. The summed E-state index contributed by atoms with van der Waals surface area (Å²) in [5.41, 5.74) is 6.60. The van der Waals surface area contributed by atoms with Crippen LogP contribution >= 0.6 is 0 Å². The number of anilines is 1. The molecule has 0 radical (unpaired) electrons. The Morgan fingerprint density at radius 3 is 2.60 bits per heavy atom. The SMILES string of the molecule is NCc1cccc(CS(=O)(=O)Nc2ccc(=O)[nH]n2)c1. The number of aromatic nitrogens is 2. The van der Waals surface area contributed by atoms with E-state index in [0.29, 0.717) is 12.1 Å². The van der Waals surface area contributed by atoms with Crippen LogP contribution in [0.1, 0.15) is 11.1 Å². The molecule has 2 aromatic rings. The van der Waals surface area contributed by atoms with Gasteiger partial charge in [0.25, 0.3) is 5.56 Å². The molecule has 0 aliphatic heterocycles. The number of H-pyrrole nitrogens is 1. The lowest BCUT2D eigenvalue weighted by atomic mass is 10.1. The molecule has 106 valence electrons. The first-order valence-corrected chi connectivity index (χ1v) is 7.48. The van der Waals surface area contributed by atoms with Crippen LogP contribution in [0.25, 0.3) is 0 Å². The first kappa shape index (κ1) is 14.2. The van der Waals surface area contributed by atoms with E-state index in [1.54, 1.807) is 18.2 Å². The summed E-state index contributed by atoms with van der Waals surface area (Å²) in [5, 5.41) is 5.75. The largest absolute Gasteiger partial charge is 0.326 e. The molecule has 1 aromatic heterocycles. The second kappa shape index (κ2) is 5.85. The van der Waals surface area contributed by atoms with Gasteiger partial charge in [0.15, 0.2) is 5.82 Å². The van der Waals surface area contributed by atoms with Gasteiger partial charge >= 0.3 is 0 Å². The molecule has 1 aromatic carbocycles. The fourth-order valence-corrected chi connectivity index (χ4v) is 2.79. The number of hydrogen-bond acceptors (Lipinski definition) is 5. The molecule has 0 aliphatic rings. The van der Waals surface area contributed by atoms with Crippen molar-refractivity contribution < 1.29 is 8.42 Å². The number of nitrogens with two attached hydrogens (primary N) is 1. The van der Waals surface area contributed by atoms with E-state index in [-0.39, 0.29) is 11.6 Å². The van der Waals surface area contributed by atoms with Gasteiger partial charge in [-0.2, -0.15) is 5.10 Å². The van der Waals surface area contributed by atoms with Gasteiger partial charge in [0.1, 0.15) is 0 Å². The van der Waals surface area contributed by atoms with Gasteiger partial charge in [-0.1, -0.05) is 24.3 Å². The summed E-state index contributed by atoms with van der Waals surface area (Å²) >= 11 is 0. The number of rotatable bonds is 5. The van der Waals surface area contributed by atoms with Crippen molar-refractivity contribution in [3.05, 3.63) is 57.9 Å². The van der Waals surface area contributed by atoms with Crippen molar-refractivity contribution in [3.63, 3.8) is 0 Å². The monoisotopic (exact) mass is 294 g/mol. The highest BCUT2D eigenvalue weighted by Gasteiger charge is 2.12. The lowest BCUT2D eigenvalue weighted by Crippen LogP contribution is -2.18. The summed E-state index contributed by atoms with van der Waals surface area (Å²) in [5.74, 6) is -0.124. The normalized spacial score (nSPS) is 11.2. The van der Waals surface area contributed by atoms with Gasteiger partial charge in [-0.3, -0.25) is 9.52 Å². The first-order valence-electron chi connectivity index (χ1n) is 5.82. The molecule has 0 fully saturated rings. The summed E-state index contributed by atoms with van der Waals surface area (Å²) in [4.78, 5) is 10.8. The maximum Gasteiger partial charge on any atom is 0.264 e. The standard InChI is InChI=1S/C12H14N4O3S/c13-7-9-2-1-3-10(6-9)8-20(18,19)16-11-4-5-12(17)15-14-11/h1-6H,7-8,13H2,(H,14,16)(H,15,17). The molecule has 0 bridgehead atoms. The van der Waals surface area contributed by atoms with E-state index in [1.165, 1.54) is 12.1 Å². The van der Waals surface area contributed by atoms with E-state index in [2.05, 4.69) is 14.9 Å². The zero-order valence-electron chi connectivity index (χ0n) is 10.5. The van der Waals surface area contributed by atoms with Crippen molar-refractivity contribution in [2.45, 2.75) is 12.3 Å². The Morgan fingerprint density at radius 1 is 1.20 bits per heavy atom. The summed E-state index contributed by atoms with van der Waals surface area (Å²) < 4.78 is 26.3. The number of sulfonamides is 1. The Hall–Kier alpha value is -2.19. The van der Waals surface area contributed by atoms with Crippen LogP contribution < -0.4 is 16.0 Å². The van der Waals surface area contributed by atoms with Crippen LogP contribution in [-0.2, 0) is 22.3 Å². The topological polar surface area (TPSA) is 118 Å². The van der Waals surface area contributed by atoms with Gasteiger partial charge < -0.3 is 5.73 Å². The van der Waals surface area contributed by atoms with Crippen molar-refractivity contribution in [1.82, 2.24) is 10.2 Å². The van der Waals surface area contributed by atoms with Crippen LogP contribution in [0.3, 0.4) is 0 Å². The minimum Gasteiger partial charge on any atom is -0.326 e. The Morgan fingerprint density at radius 2 is 1.95 bits per heavy atom. The molecule has 0 unspecified atom stereocenters. The summed E-state index contributed by atoms with van der Waals surface area (Å²) in [6, 6.07) is 9.52. The zero-order chi connectivity index (χ0) is 14.6. The molecule has 0 spiro atoms. The summed E-state index contributed by atoms with van der Waals surface area (Å²) in [6.45, 7) is 0.350. The quantitative estimate of drug-likeness (QED) is 0.726. The van der Waals surface area contributed by atoms with Crippen molar-refractivity contribution >= 4 is 15.8 Å². The molecule has 20 heavy (non-hydrogen) atoms. The van der Waals surface area contributed by atoms with Gasteiger partial charge in [0, 0.05) is 12.6 Å². The third-order valence-corrected chi connectivity index (χ3v) is 3.76. The molecule has 2 rings (SSSR count). The highest BCUT2D eigenvalue weighted by molar-refractivity contribution is 7.91. The van der Waals surface area contributed by atoms with Crippen LogP contribution in [-0.4, -0.2) is 18.6 Å². The number of benzene rings is 1. The number of aromatic amines is 1. The Bertz CT molecular complexity index is 735. The highest BCUT2D eigenvalue weighted by Crippen LogP contribution is 2.11. The van der Waals surface area contributed by atoms with Crippen LogP contribution in [0.4, 0.5) is 5.82 Å². The minimum atomic E-state index is -3.60. The Labute approximate surface area is 115 Å². The average molecular weight is 294 g/mol. The Kier molecular flexibility index (Phi) is 4.16. The molecular weight excluding hydrogens is 280 g/mol. The van der Waals surface area contributed by atoms with Gasteiger partial charge in [-0.15, -0.1) is 0 Å². The molecule has 8 heteroatoms. The van der Waals surface area contributed by atoms with E-state index >= 15 is 0 Å². The van der Waals surface area contributed by atoms with Crippen LogP contribution in [0.2, 0.25) is 0 Å². The second-order valence-corrected chi connectivity index (χ2v) is 5.91. The predicted octanol–water partition coefficient (Wildman–Crippen LogP) is 0.170. The third-order valence-electron chi connectivity index (χ3n) is 2.52. The van der Waals surface area contributed by atoms with E-state index in [9.17, 15) is 13.2 Å². The molecule has 0 aliphatic carbocycles. The maximum absolute atomic E-state index is 12.0. The zero-order valence-corrected chi connectivity index (χ0v) is 11.4. The van der Waals surface area contributed by atoms with E-state index in [0.717, 1.165) is 5.56 Å². The van der Waals surface area contributed by atoms with Gasteiger partial charge in [-0.25, -0.2) is 13.5 Å². The van der Waals surface area contributed by atoms with E-state index in [4.69, 9.17) is 5.73 Å². The van der Waals surface area contributed by atoms with Crippen LogP contribution in [0, 0.1) is 0 Å². The number of hydrogen-bond donors (Lipinski definition) is 3. The molecule has 0 atom stereocenters. The van der Waals surface area contributed by atoms with Crippen molar-refractivity contribution in [2.75, 3.05) is 4.72 Å². The van der Waals surface area contributed by atoms with Crippen molar-refractivity contribution in [2.24, 2.45) is 5.73 Å². The molecular formula is C12H14N4O3S. The highest BCUT2D eigenvalue weighted by atomic mass is 32.2. The molecule has 7 nitrogen and oxygen atoms in total. The predicted molar refractivity (Wildman–Crippen MR) is 75.4 cm³/mol. The third kappa shape index (κ3) is 3.90. The molecule has 0 amide bonds. The van der Waals surface area contributed by atoms with E-state index in [1.807, 2.05) is 6.07 Å². The number of nitrogens with zero attached hydrogens (tertiary/aromatic N) is 1. The molecule has 1 heterocycles. The van der Waals surface area contributed by atoms with E-state index < -0.39 is 15.6 Å². The molecule has 4 N–H and O–H groups in total. The fraction of sp³-hybridized carbons (Fsp3) is 0.167. The van der Waals surface area contributed by atoms with Gasteiger partial charge in [-0.05, 0) is 17.2 Å².